The van der Waals surface area contributed by atoms with Crippen LogP contribution in [0.4, 0.5) is 0 Å². The summed E-state index contributed by atoms with van der Waals surface area (Å²) in [5, 5.41) is 8.11. The fraction of sp³-hybridized carbons (Fsp3) is 0.812. The van der Waals surface area contributed by atoms with Gasteiger partial charge in [0.25, 0.3) is 0 Å². The van der Waals surface area contributed by atoms with E-state index in [2.05, 4.69) is 35.4 Å². The summed E-state index contributed by atoms with van der Waals surface area (Å²) in [6, 6.07) is 2.31. The monoisotopic (exact) mass is 276 g/mol. The fourth-order valence-electron chi connectivity index (χ4n) is 3.94. The van der Waals surface area contributed by atoms with Crippen LogP contribution in [0, 0.1) is 6.92 Å². The van der Waals surface area contributed by atoms with E-state index in [0.29, 0.717) is 0 Å². The molecule has 2 aliphatic rings. The summed E-state index contributed by atoms with van der Waals surface area (Å²) in [7, 11) is 2.04. The van der Waals surface area contributed by atoms with Crippen LogP contribution in [0.1, 0.15) is 50.3 Å². The van der Waals surface area contributed by atoms with Crippen molar-refractivity contribution in [1.29, 1.82) is 0 Å². The minimum atomic E-state index is 0.749. The average Bonchev–Trinajstić information content (AvgIpc) is 2.87. The van der Waals surface area contributed by atoms with Crippen LogP contribution in [0.5, 0.6) is 0 Å². The number of hydrogen-bond acceptors (Lipinski definition) is 3. The summed E-state index contributed by atoms with van der Waals surface area (Å²) in [4.78, 5) is 2.74. The predicted octanol–water partition coefficient (Wildman–Crippen LogP) is 2.22. The first-order valence-corrected chi connectivity index (χ1v) is 8.15. The molecule has 1 aromatic rings. The first-order valence-electron chi connectivity index (χ1n) is 8.15. The number of fused-ring (bicyclic) bond motifs is 2. The van der Waals surface area contributed by atoms with E-state index < -0.39 is 0 Å². The Bertz CT molecular complexity index is 439. The van der Waals surface area contributed by atoms with E-state index in [9.17, 15) is 0 Å². The van der Waals surface area contributed by atoms with Gasteiger partial charge in [-0.15, -0.1) is 0 Å². The summed E-state index contributed by atoms with van der Waals surface area (Å²) in [5.74, 6) is 0. The van der Waals surface area contributed by atoms with Crippen molar-refractivity contribution in [3.8, 4) is 0 Å². The van der Waals surface area contributed by atoms with Gasteiger partial charge < -0.3 is 5.32 Å². The summed E-state index contributed by atoms with van der Waals surface area (Å²) < 4.78 is 1.99. The first-order chi connectivity index (χ1) is 9.69. The van der Waals surface area contributed by atoms with Crippen LogP contribution >= 0.6 is 0 Å². The SMILES string of the molecule is CCCNC1CC2CCC(C1)N2Cc1cnn(C)c1C. The molecule has 0 aliphatic carbocycles. The Kier molecular flexibility index (Phi) is 4.13. The summed E-state index contributed by atoms with van der Waals surface area (Å²) in [5.41, 5.74) is 2.72. The van der Waals surface area contributed by atoms with Crippen molar-refractivity contribution in [1.82, 2.24) is 20.0 Å². The van der Waals surface area contributed by atoms with E-state index in [0.717, 1.165) is 24.7 Å². The Morgan fingerprint density at radius 2 is 2.00 bits per heavy atom. The molecule has 3 heterocycles. The Hall–Kier alpha value is -0.870. The van der Waals surface area contributed by atoms with Gasteiger partial charge in [0.05, 0.1) is 6.20 Å². The quantitative estimate of drug-likeness (QED) is 0.895. The smallest absolute Gasteiger partial charge is 0.0537 e. The third kappa shape index (κ3) is 2.63. The molecule has 2 unspecified atom stereocenters. The number of aryl methyl sites for hydroxylation is 1. The Labute approximate surface area is 122 Å². The lowest BCUT2D eigenvalue weighted by atomic mass is 9.96. The molecule has 4 nitrogen and oxygen atoms in total. The number of rotatable bonds is 5. The zero-order chi connectivity index (χ0) is 14.1. The van der Waals surface area contributed by atoms with Crippen LogP contribution < -0.4 is 5.32 Å². The van der Waals surface area contributed by atoms with Crippen molar-refractivity contribution in [3.05, 3.63) is 17.5 Å². The zero-order valence-corrected chi connectivity index (χ0v) is 13.1. The van der Waals surface area contributed by atoms with Gasteiger partial charge in [-0.25, -0.2) is 0 Å². The van der Waals surface area contributed by atoms with E-state index in [1.807, 2.05) is 11.7 Å². The van der Waals surface area contributed by atoms with Crippen molar-refractivity contribution in [2.45, 2.75) is 70.6 Å². The molecule has 2 aliphatic heterocycles. The van der Waals surface area contributed by atoms with Crippen LogP contribution in [0.2, 0.25) is 0 Å². The largest absolute Gasteiger partial charge is 0.314 e. The molecule has 20 heavy (non-hydrogen) atoms. The summed E-state index contributed by atoms with van der Waals surface area (Å²) in [6.45, 7) is 6.70. The lowest BCUT2D eigenvalue weighted by Crippen LogP contribution is -2.48. The van der Waals surface area contributed by atoms with Crippen LogP contribution in [-0.4, -0.2) is 39.4 Å². The number of piperidine rings is 1. The standard InChI is InChI=1S/C16H28N4/c1-4-7-17-14-8-15-5-6-16(9-14)20(15)11-13-10-18-19(3)12(13)2/h10,14-17H,4-9,11H2,1-3H3. The lowest BCUT2D eigenvalue weighted by molar-refractivity contribution is 0.109. The molecule has 0 saturated carbocycles. The number of aromatic nitrogens is 2. The number of nitrogens with zero attached hydrogens (tertiary/aromatic N) is 3. The third-order valence-corrected chi connectivity index (χ3v) is 5.26. The molecule has 4 heteroatoms. The molecule has 1 aromatic heterocycles. The molecule has 2 saturated heterocycles. The highest BCUT2D eigenvalue weighted by atomic mass is 15.3. The molecule has 2 bridgehead atoms. The third-order valence-electron chi connectivity index (χ3n) is 5.26. The molecule has 0 aromatic carbocycles. The van der Waals surface area contributed by atoms with Crippen molar-refractivity contribution < 1.29 is 0 Å². The van der Waals surface area contributed by atoms with E-state index in [4.69, 9.17) is 0 Å². The van der Waals surface area contributed by atoms with Gasteiger partial charge in [0.2, 0.25) is 0 Å². The maximum Gasteiger partial charge on any atom is 0.0537 e. The van der Waals surface area contributed by atoms with Crippen LogP contribution in [0.3, 0.4) is 0 Å². The van der Waals surface area contributed by atoms with Crippen LogP contribution in [0.15, 0.2) is 6.20 Å². The lowest BCUT2D eigenvalue weighted by Gasteiger charge is -2.39. The minimum Gasteiger partial charge on any atom is -0.314 e. The predicted molar refractivity (Wildman–Crippen MR) is 81.6 cm³/mol. The molecular weight excluding hydrogens is 248 g/mol. The average molecular weight is 276 g/mol. The zero-order valence-electron chi connectivity index (χ0n) is 13.1. The molecular formula is C16H28N4. The molecule has 0 radical (unpaired) electrons. The Morgan fingerprint density at radius 1 is 1.30 bits per heavy atom. The highest BCUT2D eigenvalue weighted by Crippen LogP contribution is 2.37. The summed E-state index contributed by atoms with van der Waals surface area (Å²) >= 11 is 0. The summed E-state index contributed by atoms with van der Waals surface area (Å²) in [6.07, 6.45) is 8.72. The molecule has 3 rings (SSSR count). The molecule has 0 amide bonds. The molecule has 1 N–H and O–H groups in total. The second-order valence-corrected chi connectivity index (χ2v) is 6.56. The molecule has 2 fully saturated rings. The molecule has 0 spiro atoms. The number of nitrogens with one attached hydrogen (secondary N) is 1. The maximum atomic E-state index is 4.39. The molecule has 2 atom stereocenters. The minimum absolute atomic E-state index is 0.749. The van der Waals surface area contributed by atoms with Gasteiger partial charge >= 0.3 is 0 Å². The van der Waals surface area contributed by atoms with Crippen molar-refractivity contribution in [2.75, 3.05) is 6.54 Å². The van der Waals surface area contributed by atoms with E-state index in [-0.39, 0.29) is 0 Å². The first kappa shape index (κ1) is 14.1. The van der Waals surface area contributed by atoms with Gasteiger partial charge in [-0.3, -0.25) is 9.58 Å². The van der Waals surface area contributed by atoms with Crippen LogP contribution in [-0.2, 0) is 13.6 Å². The van der Waals surface area contributed by atoms with Gasteiger partial charge in [-0.2, -0.15) is 5.10 Å². The van der Waals surface area contributed by atoms with Gasteiger partial charge in [0.1, 0.15) is 0 Å². The van der Waals surface area contributed by atoms with Gasteiger partial charge in [-0.1, -0.05) is 6.92 Å². The second kappa shape index (κ2) is 5.86. The van der Waals surface area contributed by atoms with E-state index in [1.54, 1.807) is 0 Å². The topological polar surface area (TPSA) is 33.1 Å². The Balaban J connectivity index is 1.64. The van der Waals surface area contributed by atoms with Gasteiger partial charge in [0, 0.05) is 43.0 Å². The van der Waals surface area contributed by atoms with E-state index >= 15 is 0 Å². The van der Waals surface area contributed by atoms with Gasteiger partial charge in [-0.05, 0) is 45.6 Å². The van der Waals surface area contributed by atoms with Gasteiger partial charge in [0.15, 0.2) is 0 Å². The number of hydrogen-bond donors (Lipinski definition) is 1. The fourth-order valence-corrected chi connectivity index (χ4v) is 3.94. The van der Waals surface area contributed by atoms with Crippen molar-refractivity contribution >= 4 is 0 Å². The van der Waals surface area contributed by atoms with Crippen LogP contribution in [0.25, 0.3) is 0 Å². The Morgan fingerprint density at radius 3 is 2.55 bits per heavy atom. The second-order valence-electron chi connectivity index (χ2n) is 6.56. The van der Waals surface area contributed by atoms with Crippen molar-refractivity contribution in [2.24, 2.45) is 7.05 Å². The molecule has 112 valence electrons. The highest BCUT2D eigenvalue weighted by molar-refractivity contribution is 5.17. The normalized spacial score (nSPS) is 30.1. The maximum absolute atomic E-state index is 4.39. The highest BCUT2D eigenvalue weighted by Gasteiger charge is 2.40. The van der Waals surface area contributed by atoms with E-state index in [1.165, 1.54) is 49.9 Å². The van der Waals surface area contributed by atoms with Crippen molar-refractivity contribution in [3.63, 3.8) is 0 Å².